The summed E-state index contributed by atoms with van der Waals surface area (Å²) in [7, 11) is 0. The Morgan fingerprint density at radius 2 is 1.93 bits per heavy atom. The Bertz CT molecular complexity index is 1050. The largest absolute Gasteiger partial charge is 0.507 e. The number of hydrogen-bond acceptors (Lipinski definition) is 4. The summed E-state index contributed by atoms with van der Waals surface area (Å²) in [5.74, 6) is -0.438. The van der Waals surface area contributed by atoms with Crippen molar-refractivity contribution in [1.82, 2.24) is 0 Å². The number of fused-ring (bicyclic) bond motifs is 1. The molecule has 0 aliphatic rings. The number of amides is 1. The number of rotatable bonds is 6. The fourth-order valence-corrected chi connectivity index (χ4v) is 3.38. The van der Waals surface area contributed by atoms with Crippen molar-refractivity contribution in [2.75, 3.05) is 5.32 Å². The monoisotopic (exact) mass is 378 g/mol. The van der Waals surface area contributed by atoms with Gasteiger partial charge in [-0.1, -0.05) is 45.0 Å². The Labute approximate surface area is 164 Å². The number of carbonyl (C=O) groups is 1. The van der Waals surface area contributed by atoms with Crippen LogP contribution >= 0.6 is 0 Å². The number of anilines is 1. The Morgan fingerprint density at radius 3 is 2.64 bits per heavy atom. The predicted octanol–water partition coefficient (Wildman–Crippen LogP) is 4.84. The van der Waals surface area contributed by atoms with Crippen LogP contribution in [0, 0.1) is 12.3 Å². The van der Waals surface area contributed by atoms with Gasteiger partial charge in [0.05, 0.1) is 17.4 Å². The van der Waals surface area contributed by atoms with Gasteiger partial charge in [0.1, 0.15) is 11.3 Å². The number of nitrogens with one attached hydrogen (secondary N) is 1. The van der Waals surface area contributed by atoms with Crippen molar-refractivity contribution in [2.45, 2.75) is 33.1 Å². The van der Waals surface area contributed by atoms with Crippen LogP contribution in [0.5, 0.6) is 5.75 Å². The molecule has 0 spiro atoms. The van der Waals surface area contributed by atoms with Crippen molar-refractivity contribution in [1.29, 1.82) is 0 Å². The smallest absolute Gasteiger partial charge is 0.343 e. The fraction of sp³-hybridized carbons (Fsp3) is 0.261. The molecule has 1 radical (unpaired) electrons. The van der Waals surface area contributed by atoms with Crippen LogP contribution in [-0.4, -0.2) is 11.0 Å². The molecule has 2 N–H and O–H groups in total. The van der Waals surface area contributed by atoms with Gasteiger partial charge in [-0.3, -0.25) is 4.79 Å². The summed E-state index contributed by atoms with van der Waals surface area (Å²) in [4.78, 5) is 24.6. The second-order valence-corrected chi connectivity index (χ2v) is 7.13. The number of benzene rings is 2. The molecular weight excluding hydrogens is 354 g/mol. The second-order valence-electron chi connectivity index (χ2n) is 7.13. The lowest BCUT2D eigenvalue weighted by Crippen LogP contribution is -2.16. The van der Waals surface area contributed by atoms with E-state index < -0.39 is 5.63 Å². The maximum Gasteiger partial charge on any atom is 0.343 e. The summed E-state index contributed by atoms with van der Waals surface area (Å²) >= 11 is 0. The first-order valence-electron chi connectivity index (χ1n) is 9.41. The topological polar surface area (TPSA) is 79.5 Å². The summed E-state index contributed by atoms with van der Waals surface area (Å²) in [5.41, 5.74) is 1.50. The van der Waals surface area contributed by atoms with Crippen molar-refractivity contribution < 1.29 is 14.3 Å². The van der Waals surface area contributed by atoms with Crippen LogP contribution in [0.25, 0.3) is 11.0 Å². The van der Waals surface area contributed by atoms with Crippen molar-refractivity contribution in [3.05, 3.63) is 76.5 Å². The number of para-hydroxylation sites is 1. The third kappa shape index (κ3) is 4.09. The normalized spacial score (nSPS) is 12.3. The average Bonchev–Trinajstić information content (AvgIpc) is 2.64. The highest BCUT2D eigenvalue weighted by Crippen LogP contribution is 2.36. The van der Waals surface area contributed by atoms with E-state index in [2.05, 4.69) is 5.32 Å². The summed E-state index contributed by atoms with van der Waals surface area (Å²) in [5, 5.41) is 14.1. The van der Waals surface area contributed by atoms with E-state index in [1.165, 1.54) is 0 Å². The minimum absolute atomic E-state index is 0.0544. The molecule has 28 heavy (non-hydrogen) atoms. The molecule has 5 heteroatoms. The zero-order chi connectivity index (χ0) is 20.3. The lowest BCUT2D eigenvalue weighted by Gasteiger charge is -2.18. The third-order valence-corrected chi connectivity index (χ3v) is 4.62. The zero-order valence-corrected chi connectivity index (χ0v) is 16.2. The molecule has 0 bridgehead atoms. The second kappa shape index (κ2) is 8.30. The van der Waals surface area contributed by atoms with Gasteiger partial charge in [0.15, 0.2) is 0 Å². The molecule has 3 aromatic rings. The molecular formula is C23H24NO4. The molecule has 145 valence electrons. The molecule has 0 aliphatic heterocycles. The molecule has 0 saturated carbocycles. The van der Waals surface area contributed by atoms with Gasteiger partial charge in [0.25, 0.3) is 0 Å². The highest BCUT2D eigenvalue weighted by molar-refractivity contribution is 5.97. The molecule has 3 rings (SSSR count). The molecule has 0 aliphatic carbocycles. The minimum Gasteiger partial charge on any atom is -0.507 e. The maximum atomic E-state index is 12.6. The summed E-state index contributed by atoms with van der Waals surface area (Å²) in [6.45, 7) is 5.81. The van der Waals surface area contributed by atoms with Crippen LogP contribution in [0.3, 0.4) is 0 Å². The van der Waals surface area contributed by atoms with E-state index in [1.807, 2.05) is 39.0 Å². The van der Waals surface area contributed by atoms with Crippen molar-refractivity contribution in [3.8, 4) is 5.75 Å². The van der Waals surface area contributed by atoms with E-state index in [1.54, 1.807) is 36.8 Å². The molecule has 0 saturated heterocycles. The zero-order valence-electron chi connectivity index (χ0n) is 16.2. The first kappa shape index (κ1) is 19.7. The number of carbonyl (C=O) groups excluding carboxylic acids is 1. The van der Waals surface area contributed by atoms with E-state index in [4.69, 9.17) is 4.42 Å². The lowest BCUT2D eigenvalue weighted by molar-refractivity contribution is -0.113. The van der Waals surface area contributed by atoms with Crippen LogP contribution in [0.15, 0.2) is 57.7 Å². The fourth-order valence-electron chi connectivity index (χ4n) is 3.38. The molecule has 2 aromatic carbocycles. The molecule has 1 heterocycles. The van der Waals surface area contributed by atoms with Crippen LogP contribution in [-0.2, 0) is 4.79 Å². The third-order valence-electron chi connectivity index (χ3n) is 4.62. The lowest BCUT2D eigenvalue weighted by atomic mass is 9.88. The first-order chi connectivity index (χ1) is 13.4. The Hall–Kier alpha value is -3.08. The van der Waals surface area contributed by atoms with Gasteiger partial charge in [-0.25, -0.2) is 4.79 Å². The van der Waals surface area contributed by atoms with Gasteiger partial charge in [-0.05, 0) is 42.2 Å². The van der Waals surface area contributed by atoms with E-state index in [0.717, 1.165) is 5.56 Å². The van der Waals surface area contributed by atoms with Crippen molar-refractivity contribution in [3.63, 3.8) is 0 Å². The average molecular weight is 378 g/mol. The van der Waals surface area contributed by atoms with Gasteiger partial charge in [0.2, 0.25) is 5.91 Å². The van der Waals surface area contributed by atoms with Gasteiger partial charge < -0.3 is 14.8 Å². The Morgan fingerprint density at radius 1 is 1.18 bits per heavy atom. The SMILES string of the molecule is CCC(c1cccc(NC(=O)[CH]C(C)C)c1)c1c(O)c2ccccc2oc1=O. The van der Waals surface area contributed by atoms with Crippen molar-refractivity contribution in [2.24, 2.45) is 5.92 Å². The van der Waals surface area contributed by atoms with Crippen LogP contribution in [0.1, 0.15) is 44.2 Å². The number of aromatic hydroxyl groups is 1. The molecule has 1 aromatic heterocycles. The van der Waals surface area contributed by atoms with E-state index in [-0.39, 0.29) is 29.1 Å². The molecule has 1 atom stereocenters. The van der Waals surface area contributed by atoms with Crippen LogP contribution < -0.4 is 10.9 Å². The standard InChI is InChI=1S/C23H24NO4/c1-4-17(15-8-7-9-16(13-15)24-20(25)12-14(2)3)21-22(26)18-10-5-6-11-19(18)28-23(21)27/h5-14,17,26H,4H2,1-3H3,(H,24,25). The van der Waals surface area contributed by atoms with Crippen LogP contribution in [0.2, 0.25) is 0 Å². The first-order valence-corrected chi connectivity index (χ1v) is 9.41. The summed E-state index contributed by atoms with van der Waals surface area (Å²) < 4.78 is 5.43. The van der Waals surface area contributed by atoms with Gasteiger partial charge in [-0.15, -0.1) is 0 Å². The predicted molar refractivity (Wildman–Crippen MR) is 110 cm³/mol. The molecule has 5 nitrogen and oxygen atoms in total. The summed E-state index contributed by atoms with van der Waals surface area (Å²) in [6.07, 6.45) is 2.19. The van der Waals surface area contributed by atoms with E-state index in [9.17, 15) is 14.7 Å². The molecule has 0 fully saturated rings. The quantitative estimate of drug-likeness (QED) is 0.602. The highest BCUT2D eigenvalue weighted by atomic mass is 16.4. The van der Waals surface area contributed by atoms with E-state index in [0.29, 0.717) is 23.1 Å². The highest BCUT2D eigenvalue weighted by Gasteiger charge is 2.23. The Kier molecular flexibility index (Phi) is 5.83. The van der Waals surface area contributed by atoms with Gasteiger partial charge in [-0.2, -0.15) is 0 Å². The number of hydrogen-bond donors (Lipinski definition) is 2. The maximum absolute atomic E-state index is 12.6. The van der Waals surface area contributed by atoms with Crippen molar-refractivity contribution >= 4 is 22.6 Å². The summed E-state index contributed by atoms with van der Waals surface area (Å²) in [6, 6.07) is 14.2. The molecule has 1 unspecified atom stereocenters. The minimum atomic E-state index is -0.550. The van der Waals surface area contributed by atoms with E-state index >= 15 is 0 Å². The van der Waals surface area contributed by atoms with Gasteiger partial charge >= 0.3 is 5.63 Å². The van der Waals surface area contributed by atoms with Crippen LogP contribution in [0.4, 0.5) is 5.69 Å². The van der Waals surface area contributed by atoms with Gasteiger partial charge in [0, 0.05) is 11.6 Å². The molecule has 1 amide bonds. The Balaban J connectivity index is 2.01.